The normalized spacial score (nSPS) is 9.86. The van der Waals surface area contributed by atoms with Crippen molar-refractivity contribution in [2.24, 2.45) is 0 Å². The van der Waals surface area contributed by atoms with E-state index in [1.807, 2.05) is 0 Å². The maximum atomic E-state index is 13.2. The summed E-state index contributed by atoms with van der Waals surface area (Å²) in [7, 11) is 0. The van der Waals surface area contributed by atoms with Crippen molar-refractivity contribution >= 4 is 22.6 Å². The molecule has 1 heterocycles. The molecule has 1 aromatic carbocycles. The number of benzene rings is 1. The van der Waals surface area contributed by atoms with Crippen LogP contribution in [0.5, 0.6) is 0 Å². The quantitative estimate of drug-likeness (QED) is 0.479. The summed E-state index contributed by atoms with van der Waals surface area (Å²) in [4.78, 5) is 0. The Morgan fingerprint density at radius 1 is 1.43 bits per heavy atom. The fourth-order valence-corrected chi connectivity index (χ4v) is 1.28. The molecule has 0 unspecified atom stereocenters. The van der Waals surface area contributed by atoms with Crippen LogP contribution in [0.15, 0.2) is 28.7 Å². The second-order valence-electron chi connectivity index (χ2n) is 2.70. The molecule has 0 amide bonds. The zero-order valence-corrected chi connectivity index (χ0v) is 7.94. The molecular weight excluding hydrogens is 203 g/mol. The van der Waals surface area contributed by atoms with Crippen molar-refractivity contribution in [3.8, 4) is 11.8 Å². The summed E-state index contributed by atoms with van der Waals surface area (Å²) in [5, 5.41) is 0.712. The number of rotatable bonds is 0. The van der Waals surface area contributed by atoms with Gasteiger partial charge in [0.1, 0.15) is 0 Å². The molecule has 1 aromatic heterocycles. The molecule has 0 saturated heterocycles. The number of hydrogen-bond donors (Lipinski definition) is 0. The van der Waals surface area contributed by atoms with Gasteiger partial charge in [-0.05, 0) is 12.0 Å². The molecule has 0 radical (unpaired) electrons. The summed E-state index contributed by atoms with van der Waals surface area (Å²) in [6.45, 7) is 0. The average molecular weight is 209 g/mol. The first-order valence-corrected chi connectivity index (χ1v) is 4.57. The first-order chi connectivity index (χ1) is 6.81. The number of hydrogen-bond acceptors (Lipinski definition) is 1. The fourth-order valence-electron chi connectivity index (χ4n) is 1.21. The Morgan fingerprint density at radius 3 is 3.00 bits per heavy atom. The van der Waals surface area contributed by atoms with Crippen LogP contribution in [0.25, 0.3) is 11.0 Å². The standard InChI is InChI=1S/C11H6ClFO/c12-6-2-4-9-7-8-3-1-5-10(13)11(8)14-9/h1,3,5,7H,6H2. The van der Waals surface area contributed by atoms with Crippen LogP contribution in [-0.4, -0.2) is 5.88 Å². The lowest BCUT2D eigenvalue weighted by molar-refractivity contribution is 0.552. The number of alkyl halides is 1. The first-order valence-electron chi connectivity index (χ1n) is 4.04. The monoisotopic (exact) mass is 208 g/mol. The van der Waals surface area contributed by atoms with Crippen LogP contribution >= 0.6 is 11.6 Å². The molecule has 0 N–H and O–H groups in total. The minimum absolute atomic E-state index is 0.236. The van der Waals surface area contributed by atoms with E-state index >= 15 is 0 Å². The molecule has 0 aliphatic carbocycles. The van der Waals surface area contributed by atoms with Gasteiger partial charge in [0.15, 0.2) is 17.2 Å². The van der Waals surface area contributed by atoms with Gasteiger partial charge in [-0.25, -0.2) is 4.39 Å². The smallest absolute Gasteiger partial charge is 0.178 e. The van der Waals surface area contributed by atoms with E-state index in [1.54, 1.807) is 18.2 Å². The van der Waals surface area contributed by atoms with Gasteiger partial charge in [0.2, 0.25) is 0 Å². The highest BCUT2D eigenvalue weighted by Crippen LogP contribution is 2.21. The van der Waals surface area contributed by atoms with Crippen molar-refractivity contribution in [1.29, 1.82) is 0 Å². The third-order valence-electron chi connectivity index (χ3n) is 1.77. The highest BCUT2D eigenvalue weighted by molar-refractivity contribution is 6.19. The van der Waals surface area contributed by atoms with Crippen LogP contribution in [0.4, 0.5) is 4.39 Å². The second kappa shape index (κ2) is 3.73. The number of halogens is 2. The van der Waals surface area contributed by atoms with E-state index in [9.17, 15) is 4.39 Å². The molecule has 0 aliphatic heterocycles. The van der Waals surface area contributed by atoms with Crippen LogP contribution in [0.1, 0.15) is 5.76 Å². The molecule has 0 bridgehead atoms. The van der Waals surface area contributed by atoms with Crippen LogP contribution in [-0.2, 0) is 0 Å². The summed E-state index contributed by atoms with van der Waals surface area (Å²) in [6, 6.07) is 6.45. The van der Waals surface area contributed by atoms with Crippen LogP contribution < -0.4 is 0 Å². The summed E-state index contributed by atoms with van der Waals surface area (Å²) in [5.74, 6) is 5.64. The molecule has 2 aromatic rings. The number of furan rings is 1. The molecule has 14 heavy (non-hydrogen) atoms. The van der Waals surface area contributed by atoms with E-state index in [2.05, 4.69) is 11.8 Å². The largest absolute Gasteiger partial charge is 0.445 e. The molecule has 1 nitrogen and oxygen atoms in total. The van der Waals surface area contributed by atoms with E-state index in [4.69, 9.17) is 16.0 Å². The Labute approximate surface area is 85.5 Å². The van der Waals surface area contributed by atoms with Crippen molar-refractivity contribution in [2.75, 3.05) is 5.88 Å². The summed E-state index contributed by atoms with van der Waals surface area (Å²) >= 11 is 5.39. The van der Waals surface area contributed by atoms with E-state index in [1.165, 1.54) is 6.07 Å². The fraction of sp³-hybridized carbons (Fsp3) is 0.0909. The van der Waals surface area contributed by atoms with Crippen molar-refractivity contribution in [1.82, 2.24) is 0 Å². The van der Waals surface area contributed by atoms with E-state index < -0.39 is 0 Å². The van der Waals surface area contributed by atoms with Crippen molar-refractivity contribution in [2.45, 2.75) is 0 Å². The lowest BCUT2D eigenvalue weighted by atomic mass is 10.2. The SMILES string of the molecule is Fc1cccc2cc(C#CCCl)oc12. The van der Waals surface area contributed by atoms with E-state index in [0.29, 0.717) is 11.1 Å². The number of para-hydroxylation sites is 1. The highest BCUT2D eigenvalue weighted by Gasteiger charge is 2.05. The molecule has 0 fully saturated rings. The summed E-state index contributed by atoms with van der Waals surface area (Å²) in [5.41, 5.74) is 0.242. The van der Waals surface area contributed by atoms with Gasteiger partial charge in [-0.2, -0.15) is 0 Å². The van der Waals surface area contributed by atoms with Gasteiger partial charge in [0.05, 0.1) is 5.88 Å². The summed E-state index contributed by atoms with van der Waals surface area (Å²) < 4.78 is 18.3. The van der Waals surface area contributed by atoms with Crippen LogP contribution in [0.2, 0.25) is 0 Å². The predicted octanol–water partition coefficient (Wildman–Crippen LogP) is 3.16. The van der Waals surface area contributed by atoms with E-state index in [-0.39, 0.29) is 17.3 Å². The third kappa shape index (κ3) is 1.59. The van der Waals surface area contributed by atoms with Gasteiger partial charge < -0.3 is 4.42 Å². The van der Waals surface area contributed by atoms with Crippen molar-refractivity contribution in [3.05, 3.63) is 35.8 Å². The molecule has 0 saturated carbocycles. The van der Waals surface area contributed by atoms with Crippen LogP contribution in [0, 0.1) is 17.7 Å². The molecule has 70 valence electrons. The van der Waals surface area contributed by atoms with Gasteiger partial charge in [-0.15, -0.1) is 11.6 Å². The molecular formula is C11H6ClFO. The lowest BCUT2D eigenvalue weighted by Gasteiger charge is -1.87. The molecule has 2 rings (SSSR count). The molecule has 0 spiro atoms. The van der Waals surface area contributed by atoms with Gasteiger partial charge in [0.25, 0.3) is 0 Å². The molecule has 0 aliphatic rings. The lowest BCUT2D eigenvalue weighted by Crippen LogP contribution is -1.71. The minimum Gasteiger partial charge on any atom is -0.445 e. The zero-order valence-electron chi connectivity index (χ0n) is 7.18. The minimum atomic E-state index is -0.374. The van der Waals surface area contributed by atoms with Crippen molar-refractivity contribution in [3.63, 3.8) is 0 Å². The topological polar surface area (TPSA) is 13.1 Å². The van der Waals surface area contributed by atoms with Crippen LogP contribution in [0.3, 0.4) is 0 Å². The Hall–Kier alpha value is -1.46. The van der Waals surface area contributed by atoms with E-state index in [0.717, 1.165) is 0 Å². The average Bonchev–Trinajstić information content (AvgIpc) is 2.59. The number of fused-ring (bicyclic) bond motifs is 1. The van der Waals surface area contributed by atoms with Gasteiger partial charge >= 0.3 is 0 Å². The molecule has 3 heteroatoms. The molecule has 0 atom stereocenters. The van der Waals surface area contributed by atoms with Gasteiger partial charge in [0, 0.05) is 11.5 Å². The maximum Gasteiger partial charge on any atom is 0.178 e. The van der Waals surface area contributed by atoms with Crippen molar-refractivity contribution < 1.29 is 8.81 Å². The predicted molar refractivity (Wildman–Crippen MR) is 53.8 cm³/mol. The highest BCUT2D eigenvalue weighted by atomic mass is 35.5. The third-order valence-corrected chi connectivity index (χ3v) is 1.91. The zero-order chi connectivity index (χ0) is 9.97. The second-order valence-corrected chi connectivity index (χ2v) is 2.97. The Morgan fingerprint density at radius 2 is 2.29 bits per heavy atom. The van der Waals surface area contributed by atoms with Gasteiger partial charge in [-0.1, -0.05) is 18.1 Å². The van der Waals surface area contributed by atoms with Gasteiger partial charge in [-0.3, -0.25) is 0 Å². The Kier molecular flexibility index (Phi) is 2.43. The maximum absolute atomic E-state index is 13.2. The Balaban J connectivity index is 2.57. The summed E-state index contributed by atoms with van der Waals surface area (Å²) in [6.07, 6.45) is 0. The Bertz CT molecular complexity index is 519. The first kappa shape index (κ1) is 9.11.